The molecule has 0 bridgehead atoms. The molecule has 2 aliphatic heterocycles. The highest BCUT2D eigenvalue weighted by Crippen LogP contribution is 2.21. The summed E-state index contributed by atoms with van der Waals surface area (Å²) in [4.78, 5) is 11.9. The van der Waals surface area contributed by atoms with Gasteiger partial charge in [-0.1, -0.05) is 13.8 Å². The minimum Gasteiger partial charge on any atom is -0.375 e. The summed E-state index contributed by atoms with van der Waals surface area (Å²) in [6.07, 6.45) is 3.53. The van der Waals surface area contributed by atoms with Crippen molar-refractivity contribution in [3.63, 3.8) is 0 Å². The summed E-state index contributed by atoms with van der Waals surface area (Å²) in [5, 5.41) is 6.81. The third-order valence-corrected chi connectivity index (χ3v) is 5.99. The molecule has 6 nitrogen and oxygen atoms in total. The maximum absolute atomic E-state index is 5.96. The Morgan fingerprint density at radius 3 is 2.85 bits per heavy atom. The van der Waals surface area contributed by atoms with E-state index in [1.165, 1.54) is 5.01 Å². The lowest BCUT2D eigenvalue weighted by atomic mass is 10.1. The Morgan fingerprint density at radius 1 is 1.37 bits per heavy atom. The van der Waals surface area contributed by atoms with Gasteiger partial charge in [0.2, 0.25) is 0 Å². The number of aliphatic imine (C=N–C) groups is 1. The van der Waals surface area contributed by atoms with Gasteiger partial charge in [0, 0.05) is 50.5 Å². The van der Waals surface area contributed by atoms with E-state index in [-0.39, 0.29) is 36.2 Å². The first-order valence-electron chi connectivity index (χ1n) is 9.88. The molecule has 1 aromatic rings. The molecule has 27 heavy (non-hydrogen) atoms. The van der Waals surface area contributed by atoms with Crippen molar-refractivity contribution in [2.24, 2.45) is 4.99 Å². The molecule has 2 fully saturated rings. The second kappa shape index (κ2) is 11.5. The van der Waals surface area contributed by atoms with Crippen molar-refractivity contribution < 1.29 is 9.47 Å². The van der Waals surface area contributed by atoms with E-state index in [2.05, 4.69) is 36.4 Å². The van der Waals surface area contributed by atoms with Gasteiger partial charge in [-0.2, -0.15) is 0 Å². The fourth-order valence-electron chi connectivity index (χ4n) is 3.39. The Labute approximate surface area is 184 Å². The van der Waals surface area contributed by atoms with Crippen LogP contribution in [0.1, 0.15) is 50.2 Å². The molecular weight excluding hydrogens is 475 g/mol. The third kappa shape index (κ3) is 6.54. The van der Waals surface area contributed by atoms with Crippen molar-refractivity contribution in [1.29, 1.82) is 0 Å². The number of nitrogens with zero attached hydrogens (tertiary/aromatic N) is 3. The summed E-state index contributed by atoms with van der Waals surface area (Å²) in [6, 6.07) is 0. The Hall–Kier alpha value is -0.450. The first kappa shape index (κ1) is 22.8. The molecule has 3 rings (SSSR count). The normalized spacial score (nSPS) is 23.6. The summed E-state index contributed by atoms with van der Waals surface area (Å²) in [5.41, 5.74) is 1.15. The van der Waals surface area contributed by atoms with E-state index >= 15 is 0 Å². The van der Waals surface area contributed by atoms with Gasteiger partial charge in [-0.3, -0.25) is 4.99 Å². The standard InChI is InChI=1S/C19H32N4O2S.HI/c1-4-20-19(21-8-7-15-13-26-18(22-15)14(2)3)23-9-11-25-17(12-23)16-6-5-10-24-16;/h13-14,16-17H,4-12H2,1-3H3,(H,20,21);1H. The minimum atomic E-state index is 0. The first-order valence-corrected chi connectivity index (χ1v) is 10.8. The smallest absolute Gasteiger partial charge is 0.194 e. The van der Waals surface area contributed by atoms with Crippen LogP contribution in [0, 0.1) is 0 Å². The number of ether oxygens (including phenoxy) is 2. The Morgan fingerprint density at radius 2 is 2.19 bits per heavy atom. The quantitative estimate of drug-likeness (QED) is 0.363. The predicted octanol–water partition coefficient (Wildman–Crippen LogP) is 3.27. The van der Waals surface area contributed by atoms with Crippen LogP contribution >= 0.6 is 35.3 Å². The molecule has 154 valence electrons. The number of rotatable bonds is 6. The Balaban J connectivity index is 0.00000261. The molecule has 0 amide bonds. The van der Waals surface area contributed by atoms with Gasteiger partial charge >= 0.3 is 0 Å². The molecular formula is C19H33IN4O2S. The van der Waals surface area contributed by atoms with Gasteiger partial charge in [0.25, 0.3) is 0 Å². The lowest BCUT2D eigenvalue weighted by Gasteiger charge is -2.37. The van der Waals surface area contributed by atoms with Gasteiger partial charge in [0.05, 0.1) is 23.4 Å². The number of hydrogen-bond donors (Lipinski definition) is 1. The van der Waals surface area contributed by atoms with Crippen molar-refractivity contribution in [3.8, 4) is 0 Å². The summed E-state index contributed by atoms with van der Waals surface area (Å²) in [5.74, 6) is 1.48. The largest absolute Gasteiger partial charge is 0.375 e. The Kier molecular flexibility index (Phi) is 9.75. The van der Waals surface area contributed by atoms with Crippen LogP contribution in [0.15, 0.2) is 10.4 Å². The summed E-state index contributed by atoms with van der Waals surface area (Å²) < 4.78 is 11.8. The third-order valence-electron chi connectivity index (χ3n) is 4.80. The SMILES string of the molecule is CCNC(=NCCc1csc(C(C)C)n1)N1CCOC(C2CCCO2)C1.I. The highest BCUT2D eigenvalue weighted by atomic mass is 127. The van der Waals surface area contributed by atoms with Crippen LogP contribution in [0.2, 0.25) is 0 Å². The van der Waals surface area contributed by atoms with Gasteiger partial charge in [-0.05, 0) is 19.8 Å². The number of thiazole rings is 1. The van der Waals surface area contributed by atoms with Gasteiger partial charge in [-0.25, -0.2) is 4.98 Å². The molecule has 0 aromatic carbocycles. The fourth-order valence-corrected chi connectivity index (χ4v) is 4.26. The highest BCUT2D eigenvalue weighted by Gasteiger charge is 2.32. The molecule has 0 saturated carbocycles. The average Bonchev–Trinajstić information content (AvgIpc) is 3.33. The summed E-state index contributed by atoms with van der Waals surface area (Å²) in [7, 11) is 0. The van der Waals surface area contributed by atoms with E-state index in [4.69, 9.17) is 19.5 Å². The van der Waals surface area contributed by atoms with Crippen molar-refractivity contribution in [2.45, 2.75) is 58.2 Å². The zero-order chi connectivity index (χ0) is 18.4. The molecule has 1 N–H and O–H groups in total. The first-order chi connectivity index (χ1) is 12.7. The monoisotopic (exact) mass is 508 g/mol. The second-order valence-corrected chi connectivity index (χ2v) is 8.11. The molecule has 3 heterocycles. The van der Waals surface area contributed by atoms with E-state index in [0.29, 0.717) is 5.92 Å². The van der Waals surface area contributed by atoms with Gasteiger partial charge < -0.3 is 19.7 Å². The zero-order valence-corrected chi connectivity index (χ0v) is 19.8. The maximum Gasteiger partial charge on any atom is 0.194 e. The molecule has 2 aliphatic rings. The lowest BCUT2D eigenvalue weighted by molar-refractivity contribution is -0.0817. The topological polar surface area (TPSA) is 59.0 Å². The van der Waals surface area contributed by atoms with Crippen LogP contribution in [0.25, 0.3) is 0 Å². The van der Waals surface area contributed by atoms with Gasteiger partial charge in [-0.15, -0.1) is 35.3 Å². The molecule has 2 saturated heterocycles. The van der Waals surface area contributed by atoms with Crippen LogP contribution in [-0.2, 0) is 15.9 Å². The van der Waals surface area contributed by atoms with E-state index in [1.54, 1.807) is 11.3 Å². The molecule has 0 radical (unpaired) electrons. The van der Waals surface area contributed by atoms with Crippen LogP contribution in [0.5, 0.6) is 0 Å². The van der Waals surface area contributed by atoms with Crippen LogP contribution < -0.4 is 5.32 Å². The van der Waals surface area contributed by atoms with Crippen molar-refractivity contribution in [2.75, 3.05) is 39.4 Å². The minimum absolute atomic E-state index is 0. The average molecular weight is 508 g/mol. The number of morpholine rings is 1. The van der Waals surface area contributed by atoms with Gasteiger partial charge in [0.15, 0.2) is 5.96 Å². The maximum atomic E-state index is 5.96. The van der Waals surface area contributed by atoms with E-state index < -0.39 is 0 Å². The lowest BCUT2D eigenvalue weighted by Crippen LogP contribution is -2.53. The number of guanidine groups is 1. The summed E-state index contributed by atoms with van der Waals surface area (Å²) in [6.45, 7) is 11.4. The highest BCUT2D eigenvalue weighted by molar-refractivity contribution is 14.0. The van der Waals surface area contributed by atoms with E-state index in [9.17, 15) is 0 Å². The van der Waals surface area contributed by atoms with Crippen molar-refractivity contribution in [3.05, 3.63) is 16.1 Å². The predicted molar refractivity (Wildman–Crippen MR) is 122 cm³/mol. The van der Waals surface area contributed by atoms with Crippen LogP contribution in [-0.4, -0.2) is 67.4 Å². The summed E-state index contributed by atoms with van der Waals surface area (Å²) >= 11 is 1.75. The van der Waals surface area contributed by atoms with E-state index in [1.807, 2.05) is 0 Å². The molecule has 2 unspecified atom stereocenters. The van der Waals surface area contributed by atoms with E-state index in [0.717, 1.165) is 70.3 Å². The number of hydrogen-bond acceptors (Lipinski definition) is 5. The molecule has 2 atom stereocenters. The van der Waals surface area contributed by atoms with Crippen LogP contribution in [0.3, 0.4) is 0 Å². The van der Waals surface area contributed by atoms with Crippen LogP contribution in [0.4, 0.5) is 0 Å². The fraction of sp³-hybridized carbons (Fsp3) is 0.789. The molecule has 1 aromatic heterocycles. The molecule has 8 heteroatoms. The molecule has 0 spiro atoms. The second-order valence-electron chi connectivity index (χ2n) is 7.22. The number of halogens is 1. The number of nitrogens with one attached hydrogen (secondary N) is 1. The van der Waals surface area contributed by atoms with Gasteiger partial charge in [0.1, 0.15) is 6.10 Å². The number of aromatic nitrogens is 1. The molecule has 0 aliphatic carbocycles. The van der Waals surface area contributed by atoms with Crippen molar-refractivity contribution >= 4 is 41.3 Å². The zero-order valence-electron chi connectivity index (χ0n) is 16.6. The Bertz CT molecular complexity index is 590. The van der Waals surface area contributed by atoms with Crippen molar-refractivity contribution in [1.82, 2.24) is 15.2 Å².